The molecule has 0 unspecified atom stereocenters. The van der Waals surface area contributed by atoms with Gasteiger partial charge in [-0.25, -0.2) is 0 Å². The molecule has 0 bridgehead atoms. The van der Waals surface area contributed by atoms with Crippen molar-refractivity contribution in [1.29, 1.82) is 0 Å². The molecule has 2 aliphatic carbocycles. The fraction of sp³-hybridized carbons (Fsp3) is 1.00. The molecule has 3 nitrogen and oxygen atoms in total. The first-order chi connectivity index (χ1) is 10.2. The molecule has 0 saturated heterocycles. The molecule has 0 radical (unpaired) electrons. The summed E-state index contributed by atoms with van der Waals surface area (Å²) in [4.78, 5) is 2.61. The van der Waals surface area contributed by atoms with Crippen LogP contribution in [0.2, 0.25) is 0 Å². The summed E-state index contributed by atoms with van der Waals surface area (Å²) in [6, 6.07) is 0.833. The maximum absolute atomic E-state index is 5.56. The molecule has 0 aliphatic heterocycles. The monoisotopic (exact) mass is 296 g/mol. The lowest BCUT2D eigenvalue weighted by molar-refractivity contribution is 0.0620. The van der Waals surface area contributed by atoms with Gasteiger partial charge in [-0.05, 0) is 50.5 Å². The number of hydrogen-bond donors (Lipinski definition) is 1. The highest BCUT2D eigenvalue weighted by molar-refractivity contribution is 4.92. The van der Waals surface area contributed by atoms with Crippen LogP contribution in [0.1, 0.15) is 59.3 Å². The summed E-state index contributed by atoms with van der Waals surface area (Å²) >= 11 is 0. The normalized spacial score (nSPS) is 30.0. The number of nitrogens with zero attached hydrogens (tertiary/aromatic N) is 1. The fourth-order valence-corrected chi connectivity index (χ4v) is 3.57. The van der Waals surface area contributed by atoms with E-state index in [2.05, 4.69) is 31.0 Å². The second-order valence-electron chi connectivity index (χ2n) is 7.40. The lowest BCUT2D eigenvalue weighted by Crippen LogP contribution is -2.47. The van der Waals surface area contributed by atoms with Gasteiger partial charge in [-0.15, -0.1) is 0 Å². The van der Waals surface area contributed by atoms with E-state index in [1.165, 1.54) is 51.6 Å². The first kappa shape index (κ1) is 17.2. The van der Waals surface area contributed by atoms with Gasteiger partial charge in [0.05, 0.1) is 6.61 Å². The molecule has 0 aromatic carbocycles. The van der Waals surface area contributed by atoms with Gasteiger partial charge < -0.3 is 15.0 Å². The first-order valence-corrected chi connectivity index (χ1v) is 9.21. The van der Waals surface area contributed by atoms with Crippen LogP contribution in [0.25, 0.3) is 0 Å². The predicted octanol–water partition coefficient (Wildman–Crippen LogP) is 3.29. The number of ether oxygens (including phenoxy) is 1. The van der Waals surface area contributed by atoms with Gasteiger partial charge in [0, 0.05) is 32.3 Å². The second-order valence-corrected chi connectivity index (χ2v) is 7.40. The molecule has 0 heterocycles. The van der Waals surface area contributed by atoms with E-state index in [1.54, 1.807) is 0 Å². The fourth-order valence-electron chi connectivity index (χ4n) is 3.57. The van der Waals surface area contributed by atoms with E-state index in [0.717, 1.165) is 38.3 Å². The summed E-state index contributed by atoms with van der Waals surface area (Å²) < 4.78 is 5.56. The lowest BCUT2D eigenvalue weighted by Gasteiger charge is -2.43. The van der Waals surface area contributed by atoms with Crippen LogP contribution in [-0.4, -0.2) is 50.3 Å². The van der Waals surface area contributed by atoms with Crippen LogP contribution in [0.4, 0.5) is 0 Å². The van der Waals surface area contributed by atoms with E-state index in [9.17, 15) is 0 Å². The average molecular weight is 296 g/mol. The van der Waals surface area contributed by atoms with E-state index in [-0.39, 0.29) is 0 Å². The highest BCUT2D eigenvalue weighted by Crippen LogP contribution is 2.39. The Hall–Kier alpha value is -0.120. The zero-order valence-electron chi connectivity index (χ0n) is 14.5. The summed E-state index contributed by atoms with van der Waals surface area (Å²) in [7, 11) is 0. The standard InChI is InChI=1S/C18H36N2O/c1-4-20(12-13-21-5-2)15-18(14-19-17-6-7-17)10-8-16(3)9-11-18/h16-17,19H,4-15H2,1-3H3. The van der Waals surface area contributed by atoms with Crippen LogP contribution < -0.4 is 5.32 Å². The molecular formula is C18H36N2O. The largest absolute Gasteiger partial charge is 0.380 e. The highest BCUT2D eigenvalue weighted by Gasteiger charge is 2.36. The van der Waals surface area contributed by atoms with Crippen molar-refractivity contribution in [3.05, 3.63) is 0 Å². The molecule has 0 aromatic rings. The van der Waals surface area contributed by atoms with Crippen LogP contribution >= 0.6 is 0 Å². The number of likely N-dealkylation sites (N-methyl/N-ethyl adjacent to an activating group) is 1. The first-order valence-electron chi connectivity index (χ1n) is 9.21. The Kier molecular flexibility index (Phi) is 6.97. The van der Waals surface area contributed by atoms with E-state index >= 15 is 0 Å². The van der Waals surface area contributed by atoms with Crippen molar-refractivity contribution in [1.82, 2.24) is 10.2 Å². The van der Waals surface area contributed by atoms with Crippen LogP contribution in [-0.2, 0) is 4.74 Å². The summed E-state index contributed by atoms with van der Waals surface area (Å²) in [5, 5.41) is 3.82. The third-order valence-corrected chi connectivity index (χ3v) is 5.44. The third-order valence-electron chi connectivity index (χ3n) is 5.44. The molecule has 0 spiro atoms. The van der Waals surface area contributed by atoms with Crippen LogP contribution in [0, 0.1) is 11.3 Å². The number of hydrogen-bond acceptors (Lipinski definition) is 3. The van der Waals surface area contributed by atoms with Crippen LogP contribution in [0.3, 0.4) is 0 Å². The minimum atomic E-state index is 0.511. The predicted molar refractivity (Wildman–Crippen MR) is 89.7 cm³/mol. The van der Waals surface area contributed by atoms with E-state index in [1.807, 2.05) is 0 Å². The zero-order valence-corrected chi connectivity index (χ0v) is 14.5. The zero-order chi connectivity index (χ0) is 15.1. The van der Waals surface area contributed by atoms with Crippen molar-refractivity contribution in [2.45, 2.75) is 65.3 Å². The second kappa shape index (κ2) is 8.50. The van der Waals surface area contributed by atoms with Crippen molar-refractivity contribution in [2.75, 3.05) is 39.4 Å². The molecule has 2 aliphatic rings. The van der Waals surface area contributed by atoms with Crippen molar-refractivity contribution in [2.24, 2.45) is 11.3 Å². The van der Waals surface area contributed by atoms with Crippen LogP contribution in [0.15, 0.2) is 0 Å². The Labute approximate surface area is 131 Å². The highest BCUT2D eigenvalue weighted by atomic mass is 16.5. The molecule has 1 N–H and O–H groups in total. The van der Waals surface area contributed by atoms with Gasteiger partial charge in [0.25, 0.3) is 0 Å². The minimum absolute atomic E-state index is 0.511. The van der Waals surface area contributed by atoms with Gasteiger partial charge in [0.1, 0.15) is 0 Å². The quantitative estimate of drug-likeness (QED) is 0.626. The van der Waals surface area contributed by atoms with Crippen molar-refractivity contribution in [3.63, 3.8) is 0 Å². The van der Waals surface area contributed by atoms with E-state index < -0.39 is 0 Å². The summed E-state index contributed by atoms with van der Waals surface area (Å²) in [5.74, 6) is 0.928. The molecule has 0 amide bonds. The van der Waals surface area contributed by atoms with Gasteiger partial charge in [0.2, 0.25) is 0 Å². The molecule has 124 valence electrons. The summed E-state index contributed by atoms with van der Waals surface area (Å²) in [6.45, 7) is 13.2. The maximum atomic E-state index is 5.56. The molecule has 2 rings (SSSR count). The number of nitrogens with one attached hydrogen (secondary N) is 1. The molecule has 0 aromatic heterocycles. The van der Waals surface area contributed by atoms with E-state index in [4.69, 9.17) is 4.74 Å². The number of rotatable bonds is 10. The topological polar surface area (TPSA) is 24.5 Å². The van der Waals surface area contributed by atoms with Gasteiger partial charge in [-0.1, -0.05) is 26.7 Å². The van der Waals surface area contributed by atoms with E-state index in [0.29, 0.717) is 5.41 Å². The Morgan fingerprint density at radius 2 is 1.86 bits per heavy atom. The SMILES string of the molecule is CCOCCN(CC)CC1(CNC2CC2)CCC(C)CC1. The third kappa shape index (κ3) is 5.88. The Bertz CT molecular complexity index is 283. The van der Waals surface area contributed by atoms with Crippen molar-refractivity contribution >= 4 is 0 Å². The van der Waals surface area contributed by atoms with Gasteiger partial charge >= 0.3 is 0 Å². The average Bonchev–Trinajstić information content (AvgIpc) is 3.32. The molecular weight excluding hydrogens is 260 g/mol. The molecule has 21 heavy (non-hydrogen) atoms. The Balaban J connectivity index is 1.86. The Morgan fingerprint density at radius 3 is 2.43 bits per heavy atom. The van der Waals surface area contributed by atoms with Crippen molar-refractivity contribution < 1.29 is 4.74 Å². The molecule has 2 saturated carbocycles. The molecule has 2 fully saturated rings. The molecule has 0 atom stereocenters. The molecule has 3 heteroatoms. The Morgan fingerprint density at radius 1 is 1.14 bits per heavy atom. The maximum Gasteiger partial charge on any atom is 0.0593 e. The van der Waals surface area contributed by atoms with Crippen LogP contribution in [0.5, 0.6) is 0 Å². The summed E-state index contributed by atoms with van der Waals surface area (Å²) in [5.41, 5.74) is 0.511. The summed E-state index contributed by atoms with van der Waals surface area (Å²) in [6.07, 6.45) is 8.42. The van der Waals surface area contributed by atoms with Crippen molar-refractivity contribution in [3.8, 4) is 0 Å². The minimum Gasteiger partial charge on any atom is -0.380 e. The lowest BCUT2D eigenvalue weighted by atomic mass is 9.70. The van der Waals surface area contributed by atoms with Gasteiger partial charge in [-0.2, -0.15) is 0 Å². The van der Waals surface area contributed by atoms with Gasteiger partial charge in [0.15, 0.2) is 0 Å². The smallest absolute Gasteiger partial charge is 0.0593 e. The van der Waals surface area contributed by atoms with Gasteiger partial charge in [-0.3, -0.25) is 0 Å².